The minimum atomic E-state index is -0.774. The Morgan fingerprint density at radius 1 is 1.25 bits per heavy atom. The summed E-state index contributed by atoms with van der Waals surface area (Å²) in [5.74, 6) is -2.78. The number of carbonyl (C=O) groups is 1. The summed E-state index contributed by atoms with van der Waals surface area (Å²) in [4.78, 5) is 11.9. The van der Waals surface area contributed by atoms with E-state index in [0.29, 0.717) is 0 Å². The Hall–Kier alpha value is -2.94. The first-order valence-corrected chi connectivity index (χ1v) is 5.51. The quantitative estimate of drug-likeness (QED) is 0.884. The number of halogens is 2. The molecule has 2 rings (SSSR count). The summed E-state index contributed by atoms with van der Waals surface area (Å²) >= 11 is 0. The van der Waals surface area contributed by atoms with Crippen molar-refractivity contribution in [1.29, 1.82) is 5.26 Å². The first-order valence-electron chi connectivity index (χ1n) is 5.51. The molecule has 1 amide bonds. The van der Waals surface area contributed by atoms with Gasteiger partial charge < -0.3 is 10.4 Å². The Labute approximate surface area is 112 Å². The molecule has 0 aliphatic carbocycles. The van der Waals surface area contributed by atoms with Gasteiger partial charge in [0.1, 0.15) is 29.0 Å². The van der Waals surface area contributed by atoms with Crippen LogP contribution in [0.3, 0.4) is 0 Å². The highest BCUT2D eigenvalue weighted by atomic mass is 19.1. The number of hydrogen-bond donors (Lipinski definition) is 2. The van der Waals surface area contributed by atoms with Crippen LogP contribution in [-0.2, 0) is 0 Å². The monoisotopic (exact) mass is 274 g/mol. The molecule has 100 valence electrons. The number of nitriles is 1. The summed E-state index contributed by atoms with van der Waals surface area (Å²) in [6, 6.07) is 8.27. The van der Waals surface area contributed by atoms with Crippen LogP contribution in [0.2, 0.25) is 0 Å². The predicted octanol–water partition coefficient (Wildman–Crippen LogP) is 2.79. The topological polar surface area (TPSA) is 73.1 Å². The molecular formula is C14H8F2N2O2. The van der Waals surface area contributed by atoms with Gasteiger partial charge in [-0.05, 0) is 24.3 Å². The minimum absolute atomic E-state index is 0.0266. The number of nitrogens with zero attached hydrogens (tertiary/aromatic N) is 1. The van der Waals surface area contributed by atoms with Gasteiger partial charge in [0.2, 0.25) is 0 Å². The number of nitrogens with one attached hydrogen (secondary N) is 1. The van der Waals surface area contributed by atoms with Gasteiger partial charge in [-0.25, -0.2) is 8.78 Å². The summed E-state index contributed by atoms with van der Waals surface area (Å²) in [5, 5.41) is 20.6. The molecule has 0 unspecified atom stereocenters. The largest absolute Gasteiger partial charge is 0.507 e. The van der Waals surface area contributed by atoms with E-state index in [9.17, 15) is 18.7 Å². The lowest BCUT2D eigenvalue weighted by Gasteiger charge is -2.08. The van der Waals surface area contributed by atoms with Gasteiger partial charge >= 0.3 is 0 Å². The number of rotatable bonds is 2. The molecule has 0 saturated heterocycles. The molecule has 6 heteroatoms. The molecule has 20 heavy (non-hydrogen) atoms. The summed E-state index contributed by atoms with van der Waals surface area (Å²) in [7, 11) is 0. The predicted molar refractivity (Wildman–Crippen MR) is 67.1 cm³/mol. The fourth-order valence-electron chi connectivity index (χ4n) is 1.63. The standard InChI is InChI=1S/C14H8F2N2O2/c15-8-4-5-9(13(19)6-8)14(20)18-12-3-1-2-11(16)10(12)7-17/h1-6,19H,(H,18,20). The van der Waals surface area contributed by atoms with E-state index in [2.05, 4.69) is 5.32 Å². The van der Waals surface area contributed by atoms with E-state index in [1.807, 2.05) is 0 Å². The highest BCUT2D eigenvalue weighted by Crippen LogP contribution is 2.22. The van der Waals surface area contributed by atoms with Gasteiger partial charge in [-0.1, -0.05) is 6.07 Å². The lowest BCUT2D eigenvalue weighted by atomic mass is 10.1. The van der Waals surface area contributed by atoms with Gasteiger partial charge in [-0.2, -0.15) is 5.26 Å². The third kappa shape index (κ3) is 2.57. The van der Waals surface area contributed by atoms with E-state index < -0.39 is 23.3 Å². The second-order valence-corrected chi connectivity index (χ2v) is 3.89. The van der Waals surface area contributed by atoms with Gasteiger partial charge in [0.05, 0.1) is 11.3 Å². The van der Waals surface area contributed by atoms with E-state index in [1.165, 1.54) is 12.1 Å². The van der Waals surface area contributed by atoms with Gasteiger partial charge in [-0.15, -0.1) is 0 Å². The normalized spacial score (nSPS) is 9.85. The van der Waals surface area contributed by atoms with Gasteiger partial charge in [0.25, 0.3) is 5.91 Å². The maximum absolute atomic E-state index is 13.4. The molecule has 0 bridgehead atoms. The van der Waals surface area contributed by atoms with Crippen molar-refractivity contribution >= 4 is 11.6 Å². The Balaban J connectivity index is 2.33. The summed E-state index contributed by atoms with van der Waals surface area (Å²) in [6.07, 6.45) is 0. The number of phenols is 1. The number of phenolic OH excluding ortho intramolecular Hbond substituents is 1. The lowest BCUT2D eigenvalue weighted by Crippen LogP contribution is -2.13. The zero-order valence-corrected chi connectivity index (χ0v) is 10.0. The highest BCUT2D eigenvalue weighted by Gasteiger charge is 2.15. The van der Waals surface area contributed by atoms with E-state index in [1.54, 1.807) is 6.07 Å². The van der Waals surface area contributed by atoms with Crippen molar-refractivity contribution in [3.8, 4) is 11.8 Å². The summed E-state index contributed by atoms with van der Waals surface area (Å²) in [6.45, 7) is 0. The van der Waals surface area contributed by atoms with Crippen molar-refractivity contribution in [2.75, 3.05) is 5.32 Å². The molecule has 0 aromatic heterocycles. The molecule has 2 N–H and O–H groups in total. The van der Waals surface area contributed by atoms with Crippen LogP contribution in [0.1, 0.15) is 15.9 Å². The third-order valence-corrected chi connectivity index (χ3v) is 2.58. The lowest BCUT2D eigenvalue weighted by molar-refractivity contribution is 0.102. The maximum atomic E-state index is 13.4. The van der Waals surface area contributed by atoms with E-state index in [4.69, 9.17) is 5.26 Å². The number of hydrogen-bond acceptors (Lipinski definition) is 3. The van der Waals surface area contributed by atoms with E-state index in [-0.39, 0.29) is 16.8 Å². The Kier molecular flexibility index (Phi) is 3.62. The maximum Gasteiger partial charge on any atom is 0.259 e. The molecule has 0 aliphatic heterocycles. The molecule has 0 fully saturated rings. The Morgan fingerprint density at radius 2 is 2.00 bits per heavy atom. The van der Waals surface area contributed by atoms with Crippen molar-refractivity contribution < 1.29 is 18.7 Å². The first-order chi connectivity index (χ1) is 9.52. The summed E-state index contributed by atoms with van der Waals surface area (Å²) < 4.78 is 26.2. The van der Waals surface area contributed by atoms with Crippen molar-refractivity contribution in [2.24, 2.45) is 0 Å². The van der Waals surface area contributed by atoms with Crippen molar-refractivity contribution in [3.05, 3.63) is 59.2 Å². The van der Waals surface area contributed by atoms with Crippen LogP contribution in [0.15, 0.2) is 36.4 Å². The molecule has 0 saturated carbocycles. The molecule has 0 aliphatic rings. The van der Waals surface area contributed by atoms with E-state index in [0.717, 1.165) is 24.3 Å². The average molecular weight is 274 g/mol. The number of amides is 1. The molecule has 2 aromatic carbocycles. The molecular weight excluding hydrogens is 266 g/mol. The number of carbonyl (C=O) groups excluding carboxylic acids is 1. The van der Waals surface area contributed by atoms with Crippen LogP contribution in [0.5, 0.6) is 5.75 Å². The molecule has 0 atom stereocenters. The smallest absolute Gasteiger partial charge is 0.259 e. The SMILES string of the molecule is N#Cc1c(F)cccc1NC(=O)c1ccc(F)cc1O. The molecule has 4 nitrogen and oxygen atoms in total. The van der Waals surface area contributed by atoms with Crippen LogP contribution < -0.4 is 5.32 Å². The molecule has 2 aromatic rings. The van der Waals surface area contributed by atoms with E-state index >= 15 is 0 Å². The zero-order chi connectivity index (χ0) is 14.7. The molecule has 0 radical (unpaired) electrons. The van der Waals surface area contributed by atoms with Crippen molar-refractivity contribution in [1.82, 2.24) is 0 Å². The van der Waals surface area contributed by atoms with Gasteiger partial charge in [0.15, 0.2) is 0 Å². The summed E-state index contributed by atoms with van der Waals surface area (Å²) in [5.41, 5.74) is -0.525. The third-order valence-electron chi connectivity index (χ3n) is 2.58. The average Bonchev–Trinajstić information content (AvgIpc) is 2.38. The van der Waals surface area contributed by atoms with Crippen molar-refractivity contribution in [3.63, 3.8) is 0 Å². The Bertz CT molecular complexity index is 724. The van der Waals surface area contributed by atoms with Crippen LogP contribution in [0, 0.1) is 23.0 Å². The van der Waals surface area contributed by atoms with Crippen molar-refractivity contribution in [2.45, 2.75) is 0 Å². The minimum Gasteiger partial charge on any atom is -0.507 e. The zero-order valence-electron chi connectivity index (χ0n) is 10.0. The van der Waals surface area contributed by atoms with Crippen LogP contribution in [0.25, 0.3) is 0 Å². The second kappa shape index (κ2) is 5.36. The fraction of sp³-hybridized carbons (Fsp3) is 0. The van der Waals surface area contributed by atoms with Gasteiger partial charge in [-0.3, -0.25) is 4.79 Å². The van der Waals surface area contributed by atoms with Crippen LogP contribution in [-0.4, -0.2) is 11.0 Å². The second-order valence-electron chi connectivity index (χ2n) is 3.89. The van der Waals surface area contributed by atoms with Crippen LogP contribution in [0.4, 0.5) is 14.5 Å². The van der Waals surface area contributed by atoms with Crippen LogP contribution >= 0.6 is 0 Å². The number of aromatic hydroxyl groups is 1. The van der Waals surface area contributed by atoms with Gasteiger partial charge in [0, 0.05) is 6.07 Å². The molecule has 0 heterocycles. The first kappa shape index (κ1) is 13.5. The molecule has 0 spiro atoms. The number of anilines is 1. The number of benzene rings is 2. The highest BCUT2D eigenvalue weighted by molar-refractivity contribution is 6.06. The fourth-order valence-corrected chi connectivity index (χ4v) is 1.63. The Morgan fingerprint density at radius 3 is 2.65 bits per heavy atom.